The van der Waals surface area contributed by atoms with Gasteiger partial charge in [-0.05, 0) is 17.8 Å². The molecule has 1 nitrogen and oxygen atoms in total. The van der Waals surface area contributed by atoms with E-state index in [9.17, 15) is 0 Å². The third-order valence-electron chi connectivity index (χ3n) is 5.00. The molecule has 5 aromatic carbocycles. The standard InChI is InChI=1S/C21H14N.C5H5.2BrH.Zr/c1-2-8-16-14-17(13-15(16)7-1)22-20-11-5-3-9-18(20)19-10-4-6-12-21(19)22;1-2-4-5-3-1;;;/h1-14H;1-5H;2*1H;/q2*-1;;;+4/p-2. The Bertz CT molecular complexity index is 1230. The zero-order valence-corrected chi connectivity index (χ0v) is 21.8. The van der Waals surface area contributed by atoms with Crippen molar-refractivity contribution in [3.63, 3.8) is 0 Å². The minimum atomic E-state index is 0. The molecule has 6 aromatic rings. The fourth-order valence-electron chi connectivity index (χ4n) is 3.78. The summed E-state index contributed by atoms with van der Waals surface area (Å²) in [4.78, 5) is 0. The monoisotopic (exact) mass is 593 g/mol. The molecule has 0 saturated heterocycles. The first-order chi connectivity index (χ1) is 13.4. The van der Waals surface area contributed by atoms with Gasteiger partial charge in [-0.15, -0.1) is 41.1 Å². The van der Waals surface area contributed by atoms with Gasteiger partial charge in [-0.1, -0.05) is 42.5 Å². The van der Waals surface area contributed by atoms with Crippen LogP contribution in [0.3, 0.4) is 0 Å². The van der Waals surface area contributed by atoms with Crippen LogP contribution in [-0.2, 0) is 26.2 Å². The first-order valence-electron chi connectivity index (χ1n) is 9.22. The molecule has 0 atom stereocenters. The summed E-state index contributed by atoms with van der Waals surface area (Å²) < 4.78 is 2.37. The van der Waals surface area contributed by atoms with E-state index in [0.717, 1.165) is 0 Å². The molecule has 1 heterocycles. The van der Waals surface area contributed by atoms with Gasteiger partial charge in [0.25, 0.3) is 0 Å². The molecular formula is C26H19Br2NZr. The summed E-state index contributed by atoms with van der Waals surface area (Å²) >= 11 is 0. The summed E-state index contributed by atoms with van der Waals surface area (Å²) in [5.74, 6) is 0. The van der Waals surface area contributed by atoms with Crippen molar-refractivity contribution in [1.82, 2.24) is 4.57 Å². The van der Waals surface area contributed by atoms with Crippen molar-refractivity contribution in [3.8, 4) is 5.69 Å². The minimum absolute atomic E-state index is 0. The quantitative estimate of drug-likeness (QED) is 0.251. The maximum atomic E-state index is 2.37. The first kappa shape index (κ1) is 24.5. The summed E-state index contributed by atoms with van der Waals surface area (Å²) in [5, 5.41) is 5.20. The van der Waals surface area contributed by atoms with E-state index in [1.165, 1.54) is 38.3 Å². The van der Waals surface area contributed by atoms with Gasteiger partial charge >= 0.3 is 26.2 Å². The Labute approximate surface area is 216 Å². The predicted molar refractivity (Wildman–Crippen MR) is 116 cm³/mol. The zero-order chi connectivity index (χ0) is 18.1. The number of hydrogen-bond acceptors (Lipinski definition) is 0. The van der Waals surface area contributed by atoms with Crippen LogP contribution in [0.25, 0.3) is 38.3 Å². The first-order valence-corrected chi connectivity index (χ1v) is 9.22. The SMILES string of the molecule is [Br-].[Br-].[Zr+4].c1cc[cH-]c1.c1ccc2[cH-]c(-n3c4ccccc4c4ccccc43)cc2c1. The minimum Gasteiger partial charge on any atom is -1.00 e. The van der Waals surface area contributed by atoms with Crippen LogP contribution < -0.4 is 34.0 Å². The number of rotatable bonds is 1. The summed E-state index contributed by atoms with van der Waals surface area (Å²) in [7, 11) is 0. The molecule has 0 spiro atoms. The fourth-order valence-corrected chi connectivity index (χ4v) is 3.78. The van der Waals surface area contributed by atoms with Gasteiger partial charge in [0.2, 0.25) is 0 Å². The molecule has 30 heavy (non-hydrogen) atoms. The molecule has 4 heteroatoms. The van der Waals surface area contributed by atoms with E-state index in [1.807, 2.05) is 30.3 Å². The van der Waals surface area contributed by atoms with Crippen LogP contribution in [0.5, 0.6) is 0 Å². The van der Waals surface area contributed by atoms with Crippen LogP contribution in [0, 0.1) is 0 Å². The van der Waals surface area contributed by atoms with Crippen LogP contribution in [0.4, 0.5) is 0 Å². The predicted octanol–water partition coefficient (Wildman–Crippen LogP) is 1.07. The molecule has 0 N–H and O–H groups in total. The van der Waals surface area contributed by atoms with Gasteiger partial charge in [0, 0.05) is 10.8 Å². The molecule has 0 unspecified atom stereocenters. The second-order valence-corrected chi connectivity index (χ2v) is 6.67. The van der Waals surface area contributed by atoms with Gasteiger partial charge in [-0.3, -0.25) is 0 Å². The molecule has 0 aliphatic heterocycles. The molecule has 0 fully saturated rings. The molecule has 0 amide bonds. The van der Waals surface area contributed by atoms with Crippen molar-refractivity contribution < 1.29 is 60.2 Å². The summed E-state index contributed by atoms with van der Waals surface area (Å²) in [6.45, 7) is 0. The largest absolute Gasteiger partial charge is 4.00 e. The summed E-state index contributed by atoms with van der Waals surface area (Å²) in [6.07, 6.45) is 0. The van der Waals surface area contributed by atoms with Crippen molar-refractivity contribution in [2.75, 3.05) is 0 Å². The Morgan fingerprint density at radius 2 is 1.13 bits per heavy atom. The number of hydrogen-bond donors (Lipinski definition) is 0. The molecule has 1 aromatic heterocycles. The normalized spacial score (nSPS) is 9.87. The van der Waals surface area contributed by atoms with E-state index in [4.69, 9.17) is 0 Å². The van der Waals surface area contributed by atoms with Crippen molar-refractivity contribution in [3.05, 3.63) is 115 Å². The smallest absolute Gasteiger partial charge is 1.00 e. The van der Waals surface area contributed by atoms with Gasteiger partial charge < -0.3 is 38.5 Å². The van der Waals surface area contributed by atoms with Crippen LogP contribution in [-0.4, -0.2) is 4.57 Å². The Morgan fingerprint density at radius 3 is 1.67 bits per heavy atom. The number of para-hydroxylation sites is 2. The van der Waals surface area contributed by atoms with Gasteiger partial charge in [-0.2, -0.15) is 18.2 Å². The number of aromatic nitrogens is 1. The fraction of sp³-hybridized carbons (Fsp3) is 0. The zero-order valence-electron chi connectivity index (χ0n) is 16.2. The average Bonchev–Trinajstić information content (AvgIpc) is 3.46. The van der Waals surface area contributed by atoms with E-state index >= 15 is 0 Å². The van der Waals surface area contributed by atoms with E-state index < -0.39 is 0 Å². The Kier molecular flexibility index (Phi) is 9.03. The molecule has 146 valence electrons. The maximum absolute atomic E-state index is 2.37. The Morgan fingerprint density at radius 1 is 0.600 bits per heavy atom. The molecule has 0 saturated carbocycles. The van der Waals surface area contributed by atoms with Crippen molar-refractivity contribution in [2.24, 2.45) is 0 Å². The van der Waals surface area contributed by atoms with Gasteiger partial charge in [0.05, 0.1) is 11.0 Å². The maximum Gasteiger partial charge on any atom is 4.00 e. The van der Waals surface area contributed by atoms with Crippen molar-refractivity contribution in [1.29, 1.82) is 0 Å². The second-order valence-electron chi connectivity index (χ2n) is 6.67. The molecular weight excluding hydrogens is 577 g/mol. The van der Waals surface area contributed by atoms with E-state index in [2.05, 4.69) is 89.5 Å². The average molecular weight is 596 g/mol. The van der Waals surface area contributed by atoms with E-state index in [-0.39, 0.29) is 60.2 Å². The Balaban J connectivity index is 0.000000356. The number of benzene rings is 3. The van der Waals surface area contributed by atoms with Crippen LogP contribution in [0.2, 0.25) is 0 Å². The summed E-state index contributed by atoms with van der Waals surface area (Å²) in [5.41, 5.74) is 3.76. The van der Waals surface area contributed by atoms with Gasteiger partial charge in [-0.25, -0.2) is 12.1 Å². The van der Waals surface area contributed by atoms with Gasteiger partial charge in [0.1, 0.15) is 0 Å². The Hall–Kier alpha value is -1.74. The molecule has 0 aliphatic carbocycles. The third kappa shape index (κ3) is 4.62. The van der Waals surface area contributed by atoms with E-state index in [0.29, 0.717) is 0 Å². The molecule has 6 rings (SSSR count). The second kappa shape index (κ2) is 11.0. The van der Waals surface area contributed by atoms with Gasteiger partial charge in [0.15, 0.2) is 0 Å². The van der Waals surface area contributed by atoms with E-state index in [1.54, 1.807) is 0 Å². The topological polar surface area (TPSA) is 4.93 Å². The summed E-state index contributed by atoms with van der Waals surface area (Å²) in [6, 6.07) is 40.3. The van der Waals surface area contributed by atoms with Crippen molar-refractivity contribution >= 4 is 32.6 Å². The van der Waals surface area contributed by atoms with Crippen LogP contribution >= 0.6 is 0 Å². The number of nitrogens with zero attached hydrogens (tertiary/aromatic N) is 1. The third-order valence-corrected chi connectivity index (χ3v) is 5.00. The van der Waals surface area contributed by atoms with Crippen molar-refractivity contribution in [2.45, 2.75) is 0 Å². The number of halogens is 2. The van der Waals surface area contributed by atoms with Crippen LogP contribution in [0.15, 0.2) is 115 Å². The molecule has 0 aliphatic rings. The number of fused-ring (bicyclic) bond motifs is 4. The molecule has 0 radical (unpaired) electrons. The molecule has 0 bridgehead atoms. The van der Waals surface area contributed by atoms with Crippen LogP contribution in [0.1, 0.15) is 0 Å².